The predicted molar refractivity (Wildman–Crippen MR) is 83.5 cm³/mol. The van der Waals surface area contributed by atoms with Crippen LogP contribution in [0.1, 0.15) is 36.8 Å². The van der Waals surface area contributed by atoms with E-state index < -0.39 is 0 Å². The third kappa shape index (κ3) is 2.64. The van der Waals surface area contributed by atoms with Crippen molar-refractivity contribution < 1.29 is 0 Å². The van der Waals surface area contributed by atoms with Gasteiger partial charge in [0.1, 0.15) is 5.82 Å². The number of nitrogen functional groups attached to an aromatic ring is 1. The molecule has 4 heteroatoms. The second-order valence-electron chi connectivity index (χ2n) is 5.88. The third-order valence-corrected chi connectivity index (χ3v) is 4.43. The van der Waals surface area contributed by atoms with Crippen molar-refractivity contribution in [1.29, 1.82) is 5.26 Å². The summed E-state index contributed by atoms with van der Waals surface area (Å²) in [4.78, 5) is 0. The van der Waals surface area contributed by atoms with E-state index in [1.807, 2.05) is 35.9 Å². The molecule has 0 spiro atoms. The van der Waals surface area contributed by atoms with Gasteiger partial charge in [0.2, 0.25) is 0 Å². The molecule has 1 aliphatic rings. The number of hydrogen-bond donors (Lipinski definition) is 1. The Bertz CT molecular complexity index is 670. The van der Waals surface area contributed by atoms with Crippen molar-refractivity contribution >= 4 is 5.82 Å². The van der Waals surface area contributed by atoms with Crippen molar-refractivity contribution in [3.05, 3.63) is 35.4 Å². The van der Waals surface area contributed by atoms with Gasteiger partial charge in [0.05, 0.1) is 17.3 Å². The number of benzene rings is 1. The highest BCUT2D eigenvalue weighted by molar-refractivity contribution is 5.68. The molecule has 21 heavy (non-hydrogen) atoms. The molecule has 3 rings (SSSR count). The van der Waals surface area contributed by atoms with Gasteiger partial charge in [-0.3, -0.25) is 0 Å². The highest BCUT2D eigenvalue weighted by Gasteiger charge is 2.19. The van der Waals surface area contributed by atoms with Gasteiger partial charge in [0.15, 0.2) is 0 Å². The summed E-state index contributed by atoms with van der Waals surface area (Å²) in [5.41, 5.74) is 9.85. The number of nitriles is 1. The summed E-state index contributed by atoms with van der Waals surface area (Å²) >= 11 is 0. The number of hydrogen-bond acceptors (Lipinski definition) is 3. The average molecular weight is 280 g/mol. The predicted octanol–water partition coefficient (Wildman–Crippen LogP) is 3.50. The Kier molecular flexibility index (Phi) is 3.66. The van der Waals surface area contributed by atoms with Crippen molar-refractivity contribution in [2.75, 3.05) is 5.73 Å². The van der Waals surface area contributed by atoms with Crippen LogP contribution in [-0.4, -0.2) is 9.78 Å². The molecule has 1 fully saturated rings. The number of anilines is 1. The molecule has 1 aromatic carbocycles. The van der Waals surface area contributed by atoms with Crippen molar-refractivity contribution in [3.8, 4) is 17.3 Å². The lowest BCUT2D eigenvalue weighted by molar-refractivity contribution is 0.434. The van der Waals surface area contributed by atoms with Crippen LogP contribution in [-0.2, 0) is 6.54 Å². The fraction of sp³-hybridized carbons (Fsp3) is 0.412. The summed E-state index contributed by atoms with van der Waals surface area (Å²) in [5, 5.41) is 13.6. The standard InChI is InChI=1S/C17H20N4/c1-12-16(15-8-6-13(10-18)7-9-15)20-21(17(12)19)11-14-4-2-3-5-14/h6-9,14H,2-5,11,19H2,1H3. The lowest BCUT2D eigenvalue weighted by Gasteiger charge is -2.10. The van der Waals surface area contributed by atoms with Gasteiger partial charge in [0.25, 0.3) is 0 Å². The van der Waals surface area contributed by atoms with Crippen LogP contribution >= 0.6 is 0 Å². The first kappa shape index (κ1) is 13.7. The van der Waals surface area contributed by atoms with Gasteiger partial charge in [-0.25, -0.2) is 4.68 Å². The Morgan fingerprint density at radius 1 is 1.29 bits per heavy atom. The number of aromatic nitrogens is 2. The summed E-state index contributed by atoms with van der Waals surface area (Å²) < 4.78 is 1.96. The maximum Gasteiger partial charge on any atom is 0.125 e. The summed E-state index contributed by atoms with van der Waals surface area (Å²) in [6.07, 6.45) is 5.22. The summed E-state index contributed by atoms with van der Waals surface area (Å²) in [6.45, 7) is 2.93. The first-order valence-electron chi connectivity index (χ1n) is 7.52. The Morgan fingerprint density at radius 2 is 1.95 bits per heavy atom. The van der Waals surface area contributed by atoms with E-state index in [0.29, 0.717) is 11.5 Å². The fourth-order valence-corrected chi connectivity index (χ4v) is 3.12. The monoisotopic (exact) mass is 280 g/mol. The largest absolute Gasteiger partial charge is 0.384 e. The number of nitrogens with two attached hydrogens (primary N) is 1. The molecule has 1 aromatic heterocycles. The molecule has 0 radical (unpaired) electrons. The molecule has 0 bridgehead atoms. The molecule has 4 nitrogen and oxygen atoms in total. The van der Waals surface area contributed by atoms with Gasteiger partial charge >= 0.3 is 0 Å². The van der Waals surface area contributed by atoms with Crippen LogP contribution in [0, 0.1) is 24.2 Å². The molecule has 1 aliphatic carbocycles. The lowest BCUT2D eigenvalue weighted by atomic mass is 10.1. The molecular formula is C17H20N4. The normalized spacial score (nSPS) is 15.2. The van der Waals surface area contributed by atoms with E-state index in [1.54, 1.807) is 0 Å². The molecule has 2 N–H and O–H groups in total. The second-order valence-corrected chi connectivity index (χ2v) is 5.88. The molecule has 0 amide bonds. The molecule has 0 saturated heterocycles. The molecule has 1 saturated carbocycles. The average Bonchev–Trinajstić information content (AvgIpc) is 3.11. The van der Waals surface area contributed by atoms with Crippen LogP contribution in [0.3, 0.4) is 0 Å². The Morgan fingerprint density at radius 3 is 2.57 bits per heavy atom. The van der Waals surface area contributed by atoms with Crippen LogP contribution in [0.2, 0.25) is 0 Å². The zero-order chi connectivity index (χ0) is 14.8. The topological polar surface area (TPSA) is 67.6 Å². The lowest BCUT2D eigenvalue weighted by Crippen LogP contribution is -2.11. The maximum absolute atomic E-state index is 8.87. The molecule has 108 valence electrons. The smallest absolute Gasteiger partial charge is 0.125 e. The van der Waals surface area contributed by atoms with Gasteiger partial charge in [-0.15, -0.1) is 0 Å². The molecule has 1 heterocycles. The SMILES string of the molecule is Cc1c(-c2ccc(C#N)cc2)nn(CC2CCCC2)c1N. The Hall–Kier alpha value is -2.28. The van der Waals surface area contributed by atoms with Crippen molar-refractivity contribution in [1.82, 2.24) is 9.78 Å². The van der Waals surface area contributed by atoms with E-state index in [4.69, 9.17) is 16.1 Å². The van der Waals surface area contributed by atoms with Crippen LogP contribution < -0.4 is 5.73 Å². The number of rotatable bonds is 3. The summed E-state index contributed by atoms with van der Waals surface area (Å²) in [6, 6.07) is 9.65. The van der Waals surface area contributed by atoms with E-state index in [2.05, 4.69) is 6.07 Å². The van der Waals surface area contributed by atoms with Gasteiger partial charge in [-0.05, 0) is 37.8 Å². The quantitative estimate of drug-likeness (QED) is 0.935. The van der Waals surface area contributed by atoms with Crippen LogP contribution in [0.5, 0.6) is 0 Å². The van der Waals surface area contributed by atoms with E-state index in [1.165, 1.54) is 25.7 Å². The number of nitrogens with zero attached hydrogens (tertiary/aromatic N) is 3. The van der Waals surface area contributed by atoms with Crippen LogP contribution in [0.4, 0.5) is 5.82 Å². The molecule has 0 atom stereocenters. The van der Waals surface area contributed by atoms with Crippen LogP contribution in [0.15, 0.2) is 24.3 Å². The highest BCUT2D eigenvalue weighted by Crippen LogP contribution is 2.30. The molecule has 2 aromatic rings. The summed E-state index contributed by atoms with van der Waals surface area (Å²) in [7, 11) is 0. The first-order valence-corrected chi connectivity index (χ1v) is 7.52. The van der Waals surface area contributed by atoms with Crippen LogP contribution in [0.25, 0.3) is 11.3 Å². The van der Waals surface area contributed by atoms with Gasteiger partial charge < -0.3 is 5.73 Å². The Balaban J connectivity index is 1.90. The third-order valence-electron chi connectivity index (χ3n) is 4.43. The second kappa shape index (κ2) is 5.61. The van der Waals surface area contributed by atoms with Gasteiger partial charge in [-0.1, -0.05) is 25.0 Å². The molecular weight excluding hydrogens is 260 g/mol. The van der Waals surface area contributed by atoms with Gasteiger partial charge in [-0.2, -0.15) is 10.4 Å². The minimum Gasteiger partial charge on any atom is -0.384 e. The molecule has 0 unspecified atom stereocenters. The zero-order valence-electron chi connectivity index (χ0n) is 12.3. The maximum atomic E-state index is 8.87. The van der Waals surface area contributed by atoms with E-state index in [0.717, 1.165) is 29.2 Å². The Labute approximate surface area is 125 Å². The first-order chi connectivity index (χ1) is 10.2. The minimum atomic E-state index is 0.662. The van der Waals surface area contributed by atoms with Gasteiger partial charge in [0, 0.05) is 17.7 Å². The van der Waals surface area contributed by atoms with E-state index >= 15 is 0 Å². The van der Waals surface area contributed by atoms with Crippen molar-refractivity contribution in [2.45, 2.75) is 39.2 Å². The summed E-state index contributed by atoms with van der Waals surface area (Å²) in [5.74, 6) is 1.47. The fourth-order valence-electron chi connectivity index (χ4n) is 3.12. The van der Waals surface area contributed by atoms with Crippen molar-refractivity contribution in [3.63, 3.8) is 0 Å². The minimum absolute atomic E-state index is 0.662. The van der Waals surface area contributed by atoms with E-state index in [9.17, 15) is 0 Å². The zero-order valence-corrected chi connectivity index (χ0v) is 12.3. The molecule has 0 aliphatic heterocycles. The highest BCUT2D eigenvalue weighted by atomic mass is 15.3. The van der Waals surface area contributed by atoms with E-state index in [-0.39, 0.29) is 0 Å². The van der Waals surface area contributed by atoms with Crippen molar-refractivity contribution in [2.24, 2.45) is 5.92 Å².